The lowest BCUT2D eigenvalue weighted by Gasteiger charge is -2.19. The summed E-state index contributed by atoms with van der Waals surface area (Å²) in [5.41, 5.74) is -4.19. The Morgan fingerprint density at radius 3 is 1.80 bits per heavy atom. The minimum atomic E-state index is -1.34. The highest BCUT2D eigenvalue weighted by Crippen LogP contribution is 2.26. The molecule has 0 spiro atoms. The van der Waals surface area contributed by atoms with E-state index in [1.54, 1.807) is 48.5 Å². The zero-order valence-electron chi connectivity index (χ0n) is 15.5. The van der Waals surface area contributed by atoms with Crippen molar-refractivity contribution in [1.82, 2.24) is 13.7 Å². The second kappa shape index (κ2) is 6.85. The minimum absolute atomic E-state index is 0.176. The van der Waals surface area contributed by atoms with Crippen molar-refractivity contribution in [3.8, 4) is 17.1 Å². The van der Waals surface area contributed by atoms with Crippen LogP contribution in [0.3, 0.4) is 0 Å². The number of nitro groups is 1. The van der Waals surface area contributed by atoms with E-state index in [4.69, 9.17) is 0 Å². The molecule has 0 radical (unpaired) electrons. The van der Waals surface area contributed by atoms with Gasteiger partial charge in [-0.05, 0) is 30.0 Å². The quantitative estimate of drug-likeness (QED) is 0.366. The van der Waals surface area contributed by atoms with Gasteiger partial charge in [-0.2, -0.15) is 0 Å². The molecular formula is C20H13N4O6-. The largest absolute Gasteiger partial charge is 0.867 e. The maximum absolute atomic E-state index is 13.4. The summed E-state index contributed by atoms with van der Waals surface area (Å²) in [5, 5.41) is 23.6. The molecule has 0 aliphatic heterocycles. The zero-order valence-corrected chi connectivity index (χ0v) is 15.5. The van der Waals surface area contributed by atoms with Gasteiger partial charge in [0.1, 0.15) is 5.65 Å². The molecule has 0 fully saturated rings. The van der Waals surface area contributed by atoms with Crippen LogP contribution in [-0.2, 0) is 7.05 Å². The molecule has 4 aromatic rings. The number of rotatable bonds is 3. The first-order valence-electron chi connectivity index (χ1n) is 8.71. The fourth-order valence-corrected chi connectivity index (χ4v) is 3.36. The fraction of sp³-hybridized carbons (Fsp3) is 0.0500. The Balaban J connectivity index is 2.37. The first kappa shape index (κ1) is 18.9. The zero-order chi connectivity index (χ0) is 21.6. The predicted octanol–water partition coefficient (Wildman–Crippen LogP) is 0.822. The maximum atomic E-state index is 13.4. The topological polar surface area (TPSA) is 132 Å². The van der Waals surface area contributed by atoms with Crippen LogP contribution in [0, 0.1) is 10.1 Å². The maximum Gasteiger partial charge on any atom is 0.341 e. The van der Waals surface area contributed by atoms with Crippen LogP contribution in [0.2, 0.25) is 0 Å². The second-order valence-electron chi connectivity index (χ2n) is 6.43. The van der Waals surface area contributed by atoms with Gasteiger partial charge in [-0.3, -0.25) is 24.3 Å². The minimum Gasteiger partial charge on any atom is -0.867 e. The van der Waals surface area contributed by atoms with E-state index < -0.39 is 38.6 Å². The molecule has 150 valence electrons. The van der Waals surface area contributed by atoms with Gasteiger partial charge < -0.3 is 5.11 Å². The number of benzene rings is 2. The van der Waals surface area contributed by atoms with Crippen LogP contribution in [0.15, 0.2) is 75.0 Å². The van der Waals surface area contributed by atoms with Gasteiger partial charge in [0.25, 0.3) is 5.56 Å². The standard InChI is InChI=1S/C20H14N4O6/c1-21-17-14(16(25)15(19(21)27)24(29)30)18(26)23(13-10-6-3-7-11-13)20(28)22(17)12-8-4-2-5-9-12/h2-11,25H,1H3/p-1. The van der Waals surface area contributed by atoms with E-state index in [-0.39, 0.29) is 17.0 Å². The van der Waals surface area contributed by atoms with Crippen molar-refractivity contribution in [3.63, 3.8) is 0 Å². The van der Waals surface area contributed by atoms with Gasteiger partial charge in [0.05, 0.1) is 21.7 Å². The van der Waals surface area contributed by atoms with Crippen LogP contribution in [0.25, 0.3) is 22.4 Å². The van der Waals surface area contributed by atoms with E-state index >= 15 is 0 Å². The summed E-state index contributed by atoms with van der Waals surface area (Å²) in [5.74, 6) is -1.34. The number of nitrogens with zero attached hydrogens (tertiary/aromatic N) is 4. The molecule has 0 amide bonds. The average molecular weight is 405 g/mol. The monoisotopic (exact) mass is 405 g/mol. The van der Waals surface area contributed by atoms with Crippen LogP contribution >= 0.6 is 0 Å². The highest BCUT2D eigenvalue weighted by molar-refractivity contribution is 5.86. The number of hydrogen-bond acceptors (Lipinski definition) is 6. The Bertz CT molecular complexity index is 1480. The molecule has 2 aromatic heterocycles. The molecule has 2 aromatic carbocycles. The van der Waals surface area contributed by atoms with E-state index in [1.165, 1.54) is 19.2 Å². The van der Waals surface area contributed by atoms with Crippen molar-refractivity contribution >= 4 is 16.7 Å². The molecule has 10 nitrogen and oxygen atoms in total. The molecule has 0 bridgehead atoms. The van der Waals surface area contributed by atoms with Gasteiger partial charge in [-0.25, -0.2) is 13.9 Å². The van der Waals surface area contributed by atoms with Crippen LogP contribution < -0.4 is 21.9 Å². The van der Waals surface area contributed by atoms with E-state index in [9.17, 15) is 29.6 Å². The van der Waals surface area contributed by atoms with E-state index in [0.717, 1.165) is 13.7 Å². The molecule has 10 heteroatoms. The molecule has 4 rings (SSSR count). The van der Waals surface area contributed by atoms with Crippen LogP contribution in [0.4, 0.5) is 5.69 Å². The third kappa shape index (κ3) is 2.62. The molecule has 30 heavy (non-hydrogen) atoms. The molecule has 0 aliphatic carbocycles. The summed E-state index contributed by atoms with van der Waals surface area (Å²) in [6, 6.07) is 15.9. The van der Waals surface area contributed by atoms with Crippen molar-refractivity contribution in [3.05, 3.63) is 102 Å². The number of aryl methyl sites for hydroxylation is 1. The Morgan fingerprint density at radius 1 is 0.800 bits per heavy atom. The Hall–Kier alpha value is -4.47. The number of para-hydroxylation sites is 2. The van der Waals surface area contributed by atoms with Crippen LogP contribution in [0.1, 0.15) is 0 Å². The normalized spacial score (nSPS) is 11.0. The summed E-state index contributed by atoms with van der Waals surface area (Å²) in [6.45, 7) is 0. The molecule has 0 aliphatic rings. The summed E-state index contributed by atoms with van der Waals surface area (Å²) < 4.78 is 2.56. The first-order valence-corrected chi connectivity index (χ1v) is 8.71. The van der Waals surface area contributed by atoms with Crippen LogP contribution in [-0.4, -0.2) is 18.6 Å². The number of pyridine rings is 1. The van der Waals surface area contributed by atoms with Crippen molar-refractivity contribution in [2.45, 2.75) is 0 Å². The molecule has 0 unspecified atom stereocenters. The molecular weight excluding hydrogens is 392 g/mol. The lowest BCUT2D eigenvalue weighted by atomic mass is 10.2. The summed E-state index contributed by atoms with van der Waals surface area (Å²) in [7, 11) is 1.17. The van der Waals surface area contributed by atoms with Gasteiger partial charge >= 0.3 is 16.9 Å². The van der Waals surface area contributed by atoms with E-state index in [1.807, 2.05) is 0 Å². The summed E-state index contributed by atoms with van der Waals surface area (Å²) in [6.07, 6.45) is 0. The third-order valence-electron chi connectivity index (χ3n) is 4.71. The number of aromatic nitrogens is 3. The predicted molar refractivity (Wildman–Crippen MR) is 106 cm³/mol. The molecule has 0 N–H and O–H groups in total. The molecule has 0 saturated heterocycles. The van der Waals surface area contributed by atoms with Gasteiger partial charge in [0, 0.05) is 7.05 Å². The van der Waals surface area contributed by atoms with Crippen molar-refractivity contribution < 1.29 is 10.0 Å². The highest BCUT2D eigenvalue weighted by Gasteiger charge is 2.26. The Morgan fingerprint density at radius 2 is 1.30 bits per heavy atom. The molecule has 2 heterocycles. The number of fused-ring (bicyclic) bond motifs is 1. The van der Waals surface area contributed by atoms with Gasteiger partial charge in [-0.1, -0.05) is 36.4 Å². The highest BCUT2D eigenvalue weighted by atomic mass is 16.6. The Kier molecular flexibility index (Phi) is 4.31. The van der Waals surface area contributed by atoms with Gasteiger partial charge in [-0.15, -0.1) is 0 Å². The molecule has 0 saturated carbocycles. The fourth-order valence-electron chi connectivity index (χ4n) is 3.36. The lowest BCUT2D eigenvalue weighted by Crippen LogP contribution is -2.41. The smallest absolute Gasteiger partial charge is 0.341 e. The van der Waals surface area contributed by atoms with Crippen molar-refractivity contribution in [2.75, 3.05) is 0 Å². The van der Waals surface area contributed by atoms with E-state index in [0.29, 0.717) is 0 Å². The summed E-state index contributed by atoms with van der Waals surface area (Å²) in [4.78, 5) is 49.3. The second-order valence-corrected chi connectivity index (χ2v) is 6.43. The van der Waals surface area contributed by atoms with Gasteiger partial charge in [0.15, 0.2) is 0 Å². The first-order chi connectivity index (χ1) is 14.3. The third-order valence-corrected chi connectivity index (χ3v) is 4.71. The molecule has 0 atom stereocenters. The average Bonchev–Trinajstić information content (AvgIpc) is 2.73. The number of hydrogen-bond donors (Lipinski definition) is 0. The van der Waals surface area contributed by atoms with Gasteiger partial charge in [0.2, 0.25) is 0 Å². The summed E-state index contributed by atoms with van der Waals surface area (Å²) >= 11 is 0. The van der Waals surface area contributed by atoms with Crippen molar-refractivity contribution in [1.29, 1.82) is 0 Å². The Labute approximate surface area is 167 Å². The lowest BCUT2D eigenvalue weighted by molar-refractivity contribution is -0.399. The van der Waals surface area contributed by atoms with E-state index in [2.05, 4.69) is 0 Å². The van der Waals surface area contributed by atoms with Crippen molar-refractivity contribution in [2.24, 2.45) is 7.05 Å². The van der Waals surface area contributed by atoms with Crippen LogP contribution in [0.5, 0.6) is 5.75 Å². The SMILES string of the molecule is Cn1c(=O)c([N+](=O)[O-])c([O-])c2c(=O)n(-c3ccccc3)c(=O)n(-c3ccccc3)c21.